The number of hydrogen-bond donors (Lipinski definition) is 2. The molecular weight excluding hydrogens is 488 g/mol. The molecule has 3 N–H and O–H groups in total. The van der Waals surface area contributed by atoms with Crippen molar-refractivity contribution in [2.75, 3.05) is 6.61 Å². The van der Waals surface area contributed by atoms with E-state index >= 15 is 0 Å². The number of aromatic nitrogens is 1. The fraction of sp³-hybridized carbons (Fsp3) is 0.308. The van der Waals surface area contributed by atoms with Crippen LogP contribution in [0, 0.1) is 5.92 Å². The minimum Gasteiger partial charge on any atom is -0.489 e. The fourth-order valence-electron chi connectivity index (χ4n) is 3.79. The normalized spacial score (nSPS) is 14.2. The van der Waals surface area contributed by atoms with Crippen LogP contribution in [0.25, 0.3) is 21.5 Å². The first kappa shape index (κ1) is 24.2. The number of thiazole rings is 1. The highest BCUT2D eigenvalue weighted by atomic mass is 32.1. The van der Waals surface area contributed by atoms with Gasteiger partial charge in [0.15, 0.2) is 11.5 Å². The second kappa shape index (κ2) is 10.2. The van der Waals surface area contributed by atoms with Crippen LogP contribution in [-0.2, 0) is 6.54 Å². The van der Waals surface area contributed by atoms with E-state index in [1.807, 2.05) is 24.3 Å². The van der Waals surface area contributed by atoms with Crippen molar-refractivity contribution in [3.8, 4) is 22.1 Å². The summed E-state index contributed by atoms with van der Waals surface area (Å²) in [7, 11) is 0. The first-order valence-electron chi connectivity index (χ1n) is 11.6. The number of carbonyl (C=O) groups is 1. The van der Waals surface area contributed by atoms with Crippen molar-refractivity contribution in [1.82, 2.24) is 10.3 Å². The molecule has 4 aromatic rings. The van der Waals surface area contributed by atoms with E-state index in [9.17, 15) is 13.6 Å². The molecule has 2 aromatic heterocycles. The number of nitrogens with zero attached hydrogens (tertiary/aromatic N) is 1. The van der Waals surface area contributed by atoms with Gasteiger partial charge in [-0.2, -0.15) is 8.78 Å². The lowest BCUT2D eigenvalue weighted by Gasteiger charge is -2.13. The van der Waals surface area contributed by atoms with Gasteiger partial charge in [0.05, 0.1) is 17.7 Å². The Bertz CT molecular complexity index is 1380. The number of hydrogen-bond acceptors (Lipinski definition) is 7. The highest BCUT2D eigenvalue weighted by Crippen LogP contribution is 2.38. The molecule has 5 rings (SSSR count). The van der Waals surface area contributed by atoms with Gasteiger partial charge in [-0.1, -0.05) is 18.2 Å². The van der Waals surface area contributed by atoms with Gasteiger partial charge in [0, 0.05) is 29.1 Å². The smallest absolute Gasteiger partial charge is 0.387 e. The van der Waals surface area contributed by atoms with Crippen LogP contribution in [0.1, 0.15) is 46.7 Å². The zero-order valence-corrected chi connectivity index (χ0v) is 20.3. The number of halogens is 2. The van der Waals surface area contributed by atoms with Gasteiger partial charge < -0.3 is 24.9 Å². The van der Waals surface area contributed by atoms with Crippen LogP contribution in [0.5, 0.6) is 11.5 Å². The van der Waals surface area contributed by atoms with Gasteiger partial charge in [-0.3, -0.25) is 4.79 Å². The summed E-state index contributed by atoms with van der Waals surface area (Å²) < 4.78 is 41.7. The number of amides is 1. The maximum atomic E-state index is 13.1. The molecule has 2 aromatic carbocycles. The molecule has 0 spiro atoms. The summed E-state index contributed by atoms with van der Waals surface area (Å²) >= 11 is 1.28. The van der Waals surface area contributed by atoms with E-state index in [-0.39, 0.29) is 29.6 Å². The van der Waals surface area contributed by atoms with E-state index in [0.29, 0.717) is 28.0 Å². The van der Waals surface area contributed by atoms with Gasteiger partial charge in [0.2, 0.25) is 0 Å². The lowest BCUT2D eigenvalue weighted by atomic mass is 10.1. The van der Waals surface area contributed by atoms with Crippen molar-refractivity contribution in [1.29, 1.82) is 0 Å². The summed E-state index contributed by atoms with van der Waals surface area (Å²) in [6, 6.07) is 11.8. The van der Waals surface area contributed by atoms with Crippen molar-refractivity contribution in [3.05, 3.63) is 64.9 Å². The summed E-state index contributed by atoms with van der Waals surface area (Å²) in [5.74, 6) is 0.247. The average Bonchev–Trinajstić information content (AvgIpc) is 3.42. The molecule has 1 atom stereocenters. The van der Waals surface area contributed by atoms with Crippen molar-refractivity contribution in [3.63, 3.8) is 0 Å². The number of fused-ring (bicyclic) bond motifs is 1. The second-order valence-electron chi connectivity index (χ2n) is 8.75. The molecular formula is C26H25F2N3O4S. The molecule has 1 aliphatic carbocycles. The van der Waals surface area contributed by atoms with Gasteiger partial charge in [0.1, 0.15) is 16.3 Å². The highest BCUT2D eigenvalue weighted by molar-refractivity contribution is 7.15. The van der Waals surface area contributed by atoms with Crippen LogP contribution in [0.3, 0.4) is 0 Å². The first-order chi connectivity index (χ1) is 17.4. The third kappa shape index (κ3) is 5.34. The topological polar surface area (TPSA) is 99.6 Å². The summed E-state index contributed by atoms with van der Waals surface area (Å²) in [5.41, 5.74) is 8.59. The zero-order valence-electron chi connectivity index (χ0n) is 19.5. The molecule has 0 radical (unpaired) electrons. The lowest BCUT2D eigenvalue weighted by Crippen LogP contribution is -2.25. The summed E-state index contributed by atoms with van der Waals surface area (Å²) in [6.45, 7) is -0.490. The number of benzene rings is 2. The number of alkyl halides is 2. The minimum atomic E-state index is -2.97. The van der Waals surface area contributed by atoms with Crippen molar-refractivity contribution >= 4 is 28.2 Å². The summed E-state index contributed by atoms with van der Waals surface area (Å²) in [4.78, 5) is 18.3. The number of ether oxygens (including phenoxy) is 2. The molecule has 0 saturated heterocycles. The molecule has 7 nitrogen and oxygen atoms in total. The van der Waals surface area contributed by atoms with Gasteiger partial charge in [-0.05, 0) is 49.9 Å². The van der Waals surface area contributed by atoms with E-state index in [1.165, 1.54) is 17.4 Å². The van der Waals surface area contributed by atoms with E-state index in [4.69, 9.17) is 14.9 Å². The van der Waals surface area contributed by atoms with E-state index in [0.717, 1.165) is 29.4 Å². The number of nitrogens with two attached hydrogens (primary N) is 1. The first-order valence-corrected chi connectivity index (χ1v) is 12.4. The Kier molecular flexibility index (Phi) is 6.88. The Morgan fingerprint density at radius 2 is 2.06 bits per heavy atom. The maximum Gasteiger partial charge on any atom is 0.387 e. The predicted molar refractivity (Wildman–Crippen MR) is 132 cm³/mol. The Morgan fingerprint density at radius 1 is 1.25 bits per heavy atom. The van der Waals surface area contributed by atoms with Gasteiger partial charge in [-0.15, -0.1) is 11.3 Å². The summed E-state index contributed by atoms with van der Waals surface area (Å²) in [5, 5.41) is 4.35. The standard InChI is InChI=1S/C26H25F2N3O4S/c1-14(29)23-22(24(32)30-11-17-13-34-19-5-3-2-4-18(17)19)31-25(36-23)16-8-9-20(35-26(27)28)21(10-16)33-12-15-6-7-15/h2-5,8-10,13-15,26H,6-7,11-12,29H2,1H3,(H,30,32). The predicted octanol–water partition coefficient (Wildman–Crippen LogP) is 5.90. The Morgan fingerprint density at radius 3 is 2.81 bits per heavy atom. The number of furan rings is 1. The van der Waals surface area contributed by atoms with Gasteiger partial charge in [-0.25, -0.2) is 4.98 Å². The molecule has 1 amide bonds. The Hall–Kier alpha value is -3.50. The summed E-state index contributed by atoms with van der Waals surface area (Å²) in [6.07, 6.45) is 3.74. The molecule has 2 heterocycles. The minimum absolute atomic E-state index is 0.0383. The van der Waals surface area contributed by atoms with Crippen LogP contribution in [0.2, 0.25) is 0 Å². The van der Waals surface area contributed by atoms with Crippen LogP contribution < -0.4 is 20.5 Å². The van der Waals surface area contributed by atoms with Gasteiger partial charge >= 0.3 is 6.61 Å². The van der Waals surface area contributed by atoms with Crippen LogP contribution in [-0.4, -0.2) is 24.1 Å². The van der Waals surface area contributed by atoms with E-state index < -0.39 is 12.7 Å². The molecule has 36 heavy (non-hydrogen) atoms. The third-order valence-electron chi connectivity index (χ3n) is 5.86. The molecule has 1 aliphatic rings. The van der Waals surface area contributed by atoms with Crippen molar-refractivity contribution < 1.29 is 27.5 Å². The number of carbonyl (C=O) groups excluding carboxylic acids is 1. The molecule has 0 bridgehead atoms. The zero-order chi connectivity index (χ0) is 25.2. The maximum absolute atomic E-state index is 13.1. The van der Waals surface area contributed by atoms with E-state index in [1.54, 1.807) is 25.3 Å². The highest BCUT2D eigenvalue weighted by Gasteiger charge is 2.25. The van der Waals surface area contributed by atoms with Crippen LogP contribution in [0.4, 0.5) is 8.78 Å². The van der Waals surface area contributed by atoms with E-state index in [2.05, 4.69) is 15.0 Å². The quantitative estimate of drug-likeness (QED) is 0.274. The van der Waals surface area contributed by atoms with Crippen molar-refractivity contribution in [2.45, 2.75) is 39.0 Å². The third-order valence-corrected chi connectivity index (χ3v) is 7.17. The molecule has 188 valence electrons. The Balaban J connectivity index is 1.39. The largest absolute Gasteiger partial charge is 0.489 e. The average molecular weight is 514 g/mol. The molecule has 10 heteroatoms. The van der Waals surface area contributed by atoms with Crippen LogP contribution in [0.15, 0.2) is 53.1 Å². The van der Waals surface area contributed by atoms with Crippen LogP contribution >= 0.6 is 11.3 Å². The number of rotatable bonds is 10. The number of para-hydroxylation sites is 1. The SMILES string of the molecule is CC(N)c1sc(-c2ccc(OC(F)F)c(OCC3CC3)c2)nc1C(=O)NCc1coc2ccccc12. The second-order valence-corrected chi connectivity index (χ2v) is 9.79. The molecule has 1 unspecified atom stereocenters. The molecule has 0 aliphatic heterocycles. The molecule has 1 fully saturated rings. The van der Waals surface area contributed by atoms with Crippen molar-refractivity contribution in [2.24, 2.45) is 11.7 Å². The lowest BCUT2D eigenvalue weighted by molar-refractivity contribution is -0.0515. The fourth-order valence-corrected chi connectivity index (χ4v) is 4.81. The number of nitrogens with one attached hydrogen (secondary N) is 1. The van der Waals surface area contributed by atoms with Gasteiger partial charge in [0.25, 0.3) is 5.91 Å². The monoisotopic (exact) mass is 513 g/mol. The molecule has 1 saturated carbocycles. The Labute approximate surface area is 210 Å².